The maximum Gasteiger partial charge on any atom is 0.241 e. The predicted molar refractivity (Wildman–Crippen MR) is 130 cm³/mol. The van der Waals surface area contributed by atoms with E-state index >= 15 is 0 Å². The van der Waals surface area contributed by atoms with Crippen LogP contribution in [0.4, 0.5) is 5.69 Å². The van der Waals surface area contributed by atoms with E-state index in [1.807, 2.05) is 30.3 Å². The van der Waals surface area contributed by atoms with E-state index in [0.717, 1.165) is 11.1 Å². The van der Waals surface area contributed by atoms with E-state index in [1.54, 1.807) is 19.1 Å². The normalized spacial score (nSPS) is 12.4. The highest BCUT2D eigenvalue weighted by Gasteiger charge is 2.18. The topological polar surface area (TPSA) is 75.3 Å². The van der Waals surface area contributed by atoms with E-state index in [0.29, 0.717) is 27.2 Å². The monoisotopic (exact) mass is 510 g/mol. The molecular weight excluding hydrogens is 491 g/mol. The van der Waals surface area contributed by atoms with Crippen molar-refractivity contribution < 1.29 is 13.2 Å². The van der Waals surface area contributed by atoms with Gasteiger partial charge in [0.2, 0.25) is 15.9 Å². The minimum atomic E-state index is -3.68. The highest BCUT2D eigenvalue weighted by atomic mass is 35.5. The second kappa shape index (κ2) is 10.7. The van der Waals surface area contributed by atoms with Crippen LogP contribution in [0.15, 0.2) is 71.6 Å². The maximum absolute atomic E-state index is 12.7. The molecule has 0 aliphatic heterocycles. The Balaban J connectivity index is 1.58. The van der Waals surface area contributed by atoms with Gasteiger partial charge in [-0.05, 0) is 48.7 Å². The number of carbonyl (C=O) groups excluding carboxylic acids is 1. The summed E-state index contributed by atoms with van der Waals surface area (Å²) in [7, 11) is -3.68. The van der Waals surface area contributed by atoms with Crippen LogP contribution in [0.25, 0.3) is 0 Å². The molecule has 0 radical (unpaired) electrons. The number of nitrogens with one attached hydrogen (secondary N) is 2. The minimum absolute atomic E-state index is 0.163. The Morgan fingerprint density at radius 1 is 0.906 bits per heavy atom. The fraction of sp³-hybridized carbons (Fsp3) is 0.174. The average molecular weight is 512 g/mol. The van der Waals surface area contributed by atoms with Crippen molar-refractivity contribution in [2.45, 2.75) is 30.7 Å². The first-order valence-corrected chi connectivity index (χ1v) is 12.4. The van der Waals surface area contributed by atoms with Gasteiger partial charge in [-0.25, -0.2) is 13.1 Å². The Kier molecular flexibility index (Phi) is 8.20. The summed E-state index contributed by atoms with van der Waals surface area (Å²) in [5, 5.41) is 3.59. The van der Waals surface area contributed by atoms with Crippen LogP contribution in [0.1, 0.15) is 30.5 Å². The number of hydrogen-bond donors (Lipinski definition) is 2. The van der Waals surface area contributed by atoms with E-state index in [-0.39, 0.29) is 23.3 Å². The van der Waals surface area contributed by atoms with Crippen molar-refractivity contribution in [2.24, 2.45) is 0 Å². The molecule has 0 saturated heterocycles. The first-order valence-electron chi connectivity index (χ1n) is 9.76. The fourth-order valence-electron chi connectivity index (χ4n) is 3.03. The van der Waals surface area contributed by atoms with Gasteiger partial charge in [0, 0.05) is 12.5 Å². The molecule has 3 aromatic rings. The molecule has 0 aromatic heterocycles. The van der Waals surface area contributed by atoms with Gasteiger partial charge in [0.15, 0.2) is 0 Å². The third kappa shape index (κ3) is 6.47. The molecule has 0 saturated carbocycles. The molecule has 0 unspecified atom stereocenters. The Morgan fingerprint density at radius 3 is 2.19 bits per heavy atom. The van der Waals surface area contributed by atoms with E-state index in [4.69, 9.17) is 34.8 Å². The van der Waals surface area contributed by atoms with Gasteiger partial charge in [0.1, 0.15) is 0 Å². The number of rotatable bonds is 8. The second-order valence-corrected chi connectivity index (χ2v) is 10.1. The largest absolute Gasteiger partial charge is 0.325 e. The van der Waals surface area contributed by atoms with Crippen molar-refractivity contribution in [3.8, 4) is 0 Å². The van der Waals surface area contributed by atoms with Crippen molar-refractivity contribution in [1.29, 1.82) is 0 Å². The molecule has 0 fully saturated rings. The molecule has 9 heteroatoms. The smallest absolute Gasteiger partial charge is 0.241 e. The molecule has 0 aliphatic rings. The molecule has 168 valence electrons. The number of hydrogen-bond acceptors (Lipinski definition) is 3. The summed E-state index contributed by atoms with van der Waals surface area (Å²) in [5.41, 5.74) is 2.09. The molecule has 1 amide bonds. The van der Waals surface area contributed by atoms with Crippen LogP contribution in [-0.4, -0.2) is 14.3 Å². The predicted octanol–water partition coefficient (Wildman–Crippen LogP) is 6.26. The average Bonchev–Trinajstić information content (AvgIpc) is 2.76. The molecule has 0 heterocycles. The third-order valence-corrected chi connectivity index (χ3v) is 7.38. The summed E-state index contributed by atoms with van der Waals surface area (Å²) in [6, 6.07) is 18.4. The zero-order chi connectivity index (χ0) is 23.3. The van der Waals surface area contributed by atoms with E-state index in [2.05, 4.69) is 10.0 Å². The minimum Gasteiger partial charge on any atom is -0.325 e. The second-order valence-electron chi connectivity index (χ2n) is 7.19. The van der Waals surface area contributed by atoms with E-state index in [9.17, 15) is 13.2 Å². The zero-order valence-electron chi connectivity index (χ0n) is 17.1. The lowest BCUT2D eigenvalue weighted by molar-refractivity contribution is -0.116. The van der Waals surface area contributed by atoms with E-state index in [1.165, 1.54) is 24.3 Å². The number of halogens is 3. The highest BCUT2D eigenvalue weighted by Crippen LogP contribution is 2.32. The van der Waals surface area contributed by atoms with Gasteiger partial charge in [-0.3, -0.25) is 4.79 Å². The van der Waals surface area contributed by atoms with E-state index < -0.39 is 10.0 Å². The van der Waals surface area contributed by atoms with Crippen LogP contribution in [0.2, 0.25) is 15.1 Å². The van der Waals surface area contributed by atoms with Crippen molar-refractivity contribution in [2.75, 3.05) is 5.32 Å². The van der Waals surface area contributed by atoms with Gasteiger partial charge in [-0.1, -0.05) is 77.3 Å². The van der Waals surface area contributed by atoms with Gasteiger partial charge < -0.3 is 5.32 Å². The number of carbonyl (C=O) groups is 1. The van der Waals surface area contributed by atoms with Crippen LogP contribution in [0.5, 0.6) is 0 Å². The highest BCUT2D eigenvalue weighted by molar-refractivity contribution is 7.89. The lowest BCUT2D eigenvalue weighted by Crippen LogP contribution is -2.26. The molecular formula is C23H21Cl3N2O3S. The van der Waals surface area contributed by atoms with Gasteiger partial charge in [-0.15, -0.1) is 0 Å². The molecule has 2 N–H and O–H groups in total. The summed E-state index contributed by atoms with van der Waals surface area (Å²) in [6.45, 7) is 1.79. The first kappa shape index (κ1) is 24.6. The van der Waals surface area contributed by atoms with Gasteiger partial charge in [0.25, 0.3) is 0 Å². The summed E-state index contributed by atoms with van der Waals surface area (Å²) >= 11 is 17.9. The van der Waals surface area contributed by atoms with Crippen LogP contribution < -0.4 is 10.0 Å². The standard InChI is InChI=1S/C23H21Cl3N2O3S/c1-15(17-5-3-2-4-6-17)28-32(30,31)18-10-7-16(8-11-18)9-12-23(29)27-22-14-20(25)19(24)13-21(22)26/h2-8,10-11,13-15,28H,9,12H2,1H3,(H,27,29)/t15-/m0/s1. The Bertz CT molecular complexity index is 1200. The molecule has 1 atom stereocenters. The number of sulfonamides is 1. The molecule has 0 bridgehead atoms. The molecule has 3 rings (SSSR count). The maximum atomic E-state index is 12.7. The molecule has 5 nitrogen and oxygen atoms in total. The van der Waals surface area contributed by atoms with Gasteiger partial charge in [-0.2, -0.15) is 0 Å². The summed E-state index contributed by atoms with van der Waals surface area (Å²) in [4.78, 5) is 12.4. The number of aryl methyl sites for hydroxylation is 1. The van der Waals surface area contributed by atoms with Crippen LogP contribution >= 0.6 is 34.8 Å². The lowest BCUT2D eigenvalue weighted by atomic mass is 10.1. The van der Waals surface area contributed by atoms with Crippen molar-refractivity contribution in [3.63, 3.8) is 0 Å². The Morgan fingerprint density at radius 2 is 1.53 bits per heavy atom. The fourth-order valence-corrected chi connectivity index (χ4v) is 4.86. The van der Waals surface area contributed by atoms with Crippen molar-refractivity contribution in [3.05, 3.63) is 92.9 Å². The van der Waals surface area contributed by atoms with Crippen molar-refractivity contribution >= 4 is 56.4 Å². The van der Waals surface area contributed by atoms with Crippen LogP contribution in [0.3, 0.4) is 0 Å². The summed E-state index contributed by atoms with van der Waals surface area (Å²) in [5.74, 6) is -0.250. The van der Waals surface area contributed by atoms with Gasteiger partial charge in [0.05, 0.1) is 25.7 Å². The lowest BCUT2D eigenvalue weighted by Gasteiger charge is -2.15. The number of anilines is 1. The van der Waals surface area contributed by atoms with Crippen molar-refractivity contribution in [1.82, 2.24) is 4.72 Å². The molecule has 3 aromatic carbocycles. The third-order valence-electron chi connectivity index (χ3n) is 4.79. The molecule has 0 aliphatic carbocycles. The molecule has 32 heavy (non-hydrogen) atoms. The SMILES string of the molecule is C[C@H](NS(=O)(=O)c1ccc(CCC(=O)Nc2cc(Cl)c(Cl)cc2Cl)cc1)c1ccccc1. The van der Waals surface area contributed by atoms with Crippen LogP contribution in [-0.2, 0) is 21.2 Å². The Hall–Kier alpha value is -2.09. The number of amides is 1. The molecule has 0 spiro atoms. The summed E-state index contributed by atoms with van der Waals surface area (Å²) < 4.78 is 28.0. The quantitative estimate of drug-likeness (QED) is 0.351. The van der Waals surface area contributed by atoms with Gasteiger partial charge >= 0.3 is 0 Å². The Labute approximate surface area is 202 Å². The van der Waals surface area contributed by atoms with Crippen LogP contribution in [0, 0.1) is 0 Å². The summed E-state index contributed by atoms with van der Waals surface area (Å²) in [6.07, 6.45) is 0.616. The number of benzene rings is 3. The first-order chi connectivity index (χ1) is 15.2. The zero-order valence-corrected chi connectivity index (χ0v) is 20.2.